The molecular weight excluding hydrogens is 470 g/mol. The van der Waals surface area contributed by atoms with E-state index in [-0.39, 0.29) is 17.9 Å². The van der Waals surface area contributed by atoms with Crippen LogP contribution in [0.4, 0.5) is 11.4 Å². The minimum atomic E-state index is -1.21. The Bertz CT molecular complexity index is 1470. The third-order valence-electron chi connectivity index (χ3n) is 6.56. The van der Waals surface area contributed by atoms with E-state index in [0.29, 0.717) is 28.5 Å². The molecule has 0 aliphatic carbocycles. The van der Waals surface area contributed by atoms with Gasteiger partial charge in [0.1, 0.15) is 17.4 Å². The smallest absolute Gasteiger partial charge is 0.282 e. The average Bonchev–Trinajstić information content (AvgIpc) is 3.45. The molecule has 0 radical (unpaired) electrons. The molecule has 0 unspecified atom stereocenters. The third-order valence-corrected chi connectivity index (χ3v) is 6.56. The Kier molecular flexibility index (Phi) is 4.68. The van der Waals surface area contributed by atoms with Crippen LogP contribution >= 0.6 is 0 Å². The lowest BCUT2D eigenvalue weighted by Gasteiger charge is -2.49. The van der Waals surface area contributed by atoms with Crippen LogP contribution in [0.5, 0.6) is 17.2 Å². The fraction of sp³-hybridized carbons (Fsp3) is 0.160. The zero-order valence-corrected chi connectivity index (χ0v) is 18.7. The van der Waals surface area contributed by atoms with Crippen molar-refractivity contribution in [1.29, 1.82) is 0 Å². The number of nitro groups is 1. The van der Waals surface area contributed by atoms with Gasteiger partial charge in [-0.25, -0.2) is 0 Å². The van der Waals surface area contributed by atoms with Gasteiger partial charge in [-0.05, 0) is 48.0 Å². The molecule has 2 atom stereocenters. The van der Waals surface area contributed by atoms with E-state index >= 15 is 0 Å². The maximum atomic E-state index is 13.5. The summed E-state index contributed by atoms with van der Waals surface area (Å²) in [5.74, 6) is -0.528. The molecule has 3 aromatic rings. The molecule has 3 aliphatic rings. The number of methoxy groups -OCH3 is 1. The van der Waals surface area contributed by atoms with Gasteiger partial charge in [-0.2, -0.15) is 0 Å². The standard InChI is InChI=1S/C25H17N3O8/c1-34-15-8-6-14(7-9-15)26-21(13-5-10-18-19(11-13)36-12-35-18)22(25(26)31)27-23(29)16-3-2-4-17(28(32)33)20(16)24(27)30/h2-11,21-22H,12H2,1H3/t21-,22-/m0/s1. The van der Waals surface area contributed by atoms with Gasteiger partial charge >= 0.3 is 0 Å². The van der Waals surface area contributed by atoms with Gasteiger partial charge < -0.3 is 19.1 Å². The van der Waals surface area contributed by atoms with Crippen LogP contribution in [0.25, 0.3) is 0 Å². The number of rotatable bonds is 5. The Morgan fingerprint density at radius 1 is 0.917 bits per heavy atom. The van der Waals surface area contributed by atoms with E-state index in [4.69, 9.17) is 14.2 Å². The lowest BCUT2D eigenvalue weighted by molar-refractivity contribution is -0.385. The summed E-state index contributed by atoms with van der Waals surface area (Å²) < 4.78 is 16.1. The van der Waals surface area contributed by atoms with Crippen molar-refractivity contribution in [3.8, 4) is 17.2 Å². The monoisotopic (exact) mass is 487 g/mol. The SMILES string of the molecule is COc1ccc(N2C(=O)[C@@H](N3C(=O)c4cccc([N+](=O)[O-])c4C3=O)[C@@H]2c2ccc3c(c2)OCO3)cc1. The number of hydrogen-bond donors (Lipinski definition) is 0. The van der Waals surface area contributed by atoms with Crippen molar-refractivity contribution in [2.75, 3.05) is 18.8 Å². The Morgan fingerprint density at radius 3 is 2.39 bits per heavy atom. The fourth-order valence-electron chi connectivity index (χ4n) is 4.87. The van der Waals surface area contributed by atoms with Crippen molar-refractivity contribution >= 4 is 29.1 Å². The van der Waals surface area contributed by atoms with Crippen LogP contribution in [-0.4, -0.2) is 47.5 Å². The molecule has 0 saturated carbocycles. The lowest BCUT2D eigenvalue weighted by Crippen LogP contribution is -2.67. The number of carbonyl (C=O) groups excluding carboxylic acids is 3. The van der Waals surface area contributed by atoms with Crippen LogP contribution in [-0.2, 0) is 4.79 Å². The second kappa shape index (κ2) is 7.80. The van der Waals surface area contributed by atoms with E-state index < -0.39 is 40.4 Å². The normalized spacial score (nSPS) is 19.9. The van der Waals surface area contributed by atoms with Gasteiger partial charge in [0.05, 0.1) is 23.6 Å². The van der Waals surface area contributed by atoms with E-state index in [9.17, 15) is 24.5 Å². The van der Waals surface area contributed by atoms with Crippen LogP contribution < -0.4 is 19.1 Å². The van der Waals surface area contributed by atoms with Crippen molar-refractivity contribution in [2.45, 2.75) is 12.1 Å². The summed E-state index contributed by atoms with van der Waals surface area (Å²) >= 11 is 0. The van der Waals surface area contributed by atoms with Crippen LogP contribution in [0.1, 0.15) is 32.3 Å². The highest BCUT2D eigenvalue weighted by Gasteiger charge is 2.58. The molecule has 6 rings (SSSR count). The quantitative estimate of drug-likeness (QED) is 0.232. The Hall–Kier alpha value is -4.93. The zero-order valence-electron chi connectivity index (χ0n) is 18.7. The molecule has 11 heteroatoms. The predicted molar refractivity (Wildman–Crippen MR) is 123 cm³/mol. The molecule has 3 aliphatic heterocycles. The van der Waals surface area contributed by atoms with Gasteiger partial charge in [-0.3, -0.25) is 29.4 Å². The number of nitro benzene ring substituents is 1. The summed E-state index contributed by atoms with van der Waals surface area (Å²) in [5, 5.41) is 11.5. The number of benzene rings is 3. The first kappa shape index (κ1) is 21.6. The van der Waals surface area contributed by atoms with Crippen LogP contribution in [0.15, 0.2) is 60.7 Å². The molecule has 3 aromatic carbocycles. The second-order valence-corrected chi connectivity index (χ2v) is 8.35. The molecule has 0 bridgehead atoms. The summed E-state index contributed by atoms with van der Waals surface area (Å²) in [6, 6.07) is 13.8. The van der Waals surface area contributed by atoms with Crippen molar-refractivity contribution < 1.29 is 33.5 Å². The summed E-state index contributed by atoms with van der Waals surface area (Å²) in [7, 11) is 1.52. The largest absolute Gasteiger partial charge is 0.497 e. The maximum Gasteiger partial charge on any atom is 0.282 e. The average molecular weight is 487 g/mol. The number of ether oxygens (including phenoxy) is 3. The molecule has 1 saturated heterocycles. The van der Waals surface area contributed by atoms with Gasteiger partial charge in [0.25, 0.3) is 23.4 Å². The first-order chi connectivity index (χ1) is 17.4. The van der Waals surface area contributed by atoms with Gasteiger partial charge in [-0.1, -0.05) is 12.1 Å². The van der Waals surface area contributed by atoms with Crippen molar-refractivity contribution in [2.24, 2.45) is 0 Å². The molecule has 3 heterocycles. The number of anilines is 1. The van der Waals surface area contributed by atoms with E-state index in [1.54, 1.807) is 42.5 Å². The van der Waals surface area contributed by atoms with E-state index in [1.165, 1.54) is 24.1 Å². The topological polar surface area (TPSA) is 129 Å². The second-order valence-electron chi connectivity index (χ2n) is 8.35. The zero-order chi connectivity index (χ0) is 25.1. The van der Waals surface area contributed by atoms with Crippen LogP contribution in [0, 0.1) is 10.1 Å². The highest BCUT2D eigenvalue weighted by Crippen LogP contribution is 2.47. The van der Waals surface area contributed by atoms with Crippen molar-refractivity contribution in [3.05, 3.63) is 87.5 Å². The molecule has 0 N–H and O–H groups in total. The van der Waals surface area contributed by atoms with Crippen LogP contribution in [0.3, 0.4) is 0 Å². The number of imide groups is 1. The summed E-state index contributed by atoms with van der Waals surface area (Å²) in [6.07, 6.45) is 0. The van der Waals surface area contributed by atoms with Crippen LogP contribution in [0.2, 0.25) is 0 Å². The lowest BCUT2D eigenvalue weighted by atomic mass is 9.86. The fourth-order valence-corrected chi connectivity index (χ4v) is 4.87. The van der Waals surface area contributed by atoms with Crippen molar-refractivity contribution in [3.63, 3.8) is 0 Å². The molecule has 1 fully saturated rings. The number of β-lactam (4-membered cyclic amide) rings is 1. The predicted octanol–water partition coefficient (Wildman–Crippen LogP) is 3.08. The molecule has 180 valence electrons. The maximum absolute atomic E-state index is 13.5. The minimum absolute atomic E-state index is 0.0517. The number of hydrogen-bond acceptors (Lipinski definition) is 8. The number of fused-ring (bicyclic) bond motifs is 2. The van der Waals surface area contributed by atoms with Gasteiger partial charge in [-0.15, -0.1) is 0 Å². The molecular formula is C25H17N3O8. The highest BCUT2D eigenvalue weighted by atomic mass is 16.7. The number of amides is 3. The van der Waals surface area contributed by atoms with Gasteiger partial charge in [0, 0.05) is 11.8 Å². The Labute approximate surface area is 203 Å². The van der Waals surface area contributed by atoms with E-state index in [1.807, 2.05) is 0 Å². The highest BCUT2D eigenvalue weighted by molar-refractivity contribution is 6.26. The number of carbonyl (C=O) groups is 3. The first-order valence-corrected chi connectivity index (χ1v) is 10.9. The van der Waals surface area contributed by atoms with Crippen molar-refractivity contribution in [1.82, 2.24) is 4.90 Å². The summed E-state index contributed by atoms with van der Waals surface area (Å²) in [6.45, 7) is 0.0517. The van der Waals surface area contributed by atoms with Gasteiger partial charge in [0.15, 0.2) is 11.5 Å². The summed E-state index contributed by atoms with van der Waals surface area (Å²) in [4.78, 5) is 53.3. The minimum Gasteiger partial charge on any atom is -0.497 e. The molecule has 0 spiro atoms. The van der Waals surface area contributed by atoms with Gasteiger partial charge in [0.2, 0.25) is 6.79 Å². The first-order valence-electron chi connectivity index (χ1n) is 10.9. The molecule has 36 heavy (non-hydrogen) atoms. The molecule has 11 nitrogen and oxygen atoms in total. The molecule has 0 aromatic heterocycles. The van der Waals surface area contributed by atoms with E-state index in [0.717, 1.165) is 11.0 Å². The third kappa shape index (κ3) is 2.95. The summed E-state index contributed by atoms with van der Waals surface area (Å²) in [5.41, 5.74) is 0.238. The Morgan fingerprint density at radius 2 is 1.67 bits per heavy atom. The Balaban J connectivity index is 1.44. The number of nitrogens with zero attached hydrogens (tertiary/aromatic N) is 3. The molecule has 3 amide bonds. The van der Waals surface area contributed by atoms with E-state index in [2.05, 4.69) is 0 Å².